The molecule has 0 saturated carbocycles. The van der Waals surface area contributed by atoms with Crippen LogP contribution in [0.5, 0.6) is 0 Å². The Morgan fingerprint density at radius 3 is 2.26 bits per heavy atom. The Balaban J connectivity index is 1.25. The number of benzene rings is 5. The molecule has 0 bridgehead atoms. The highest BCUT2D eigenvalue weighted by atomic mass is 15.2. The average molecular weight is 606 g/mol. The van der Waals surface area contributed by atoms with Crippen molar-refractivity contribution in [2.24, 2.45) is 4.99 Å². The molecule has 2 aliphatic carbocycles. The number of rotatable bonds is 4. The molecule has 9 rings (SSSR count). The highest BCUT2D eigenvalue weighted by Gasteiger charge is 2.34. The first-order chi connectivity index (χ1) is 23.1. The second-order valence-electron chi connectivity index (χ2n) is 13.0. The molecule has 2 atom stereocenters. The Bertz CT molecular complexity index is 2370. The van der Waals surface area contributed by atoms with Crippen LogP contribution in [0.2, 0.25) is 0 Å². The number of aliphatic imine (C=N–C) groups is 1. The maximum atomic E-state index is 5.59. The Hall–Kier alpha value is -5.54. The maximum absolute atomic E-state index is 5.59. The summed E-state index contributed by atoms with van der Waals surface area (Å²) in [6.07, 6.45) is 18.7. The highest BCUT2D eigenvalue weighted by molar-refractivity contribution is 6.24. The molecule has 1 N–H and O–H groups in total. The lowest BCUT2D eigenvalue weighted by Gasteiger charge is -2.37. The second kappa shape index (κ2) is 11.1. The van der Waals surface area contributed by atoms with Crippen LogP contribution in [0, 0.1) is 0 Å². The monoisotopic (exact) mass is 605 g/mol. The van der Waals surface area contributed by atoms with Crippen molar-refractivity contribution in [3.63, 3.8) is 0 Å². The molecule has 1 aliphatic heterocycles. The third-order valence-corrected chi connectivity index (χ3v) is 10.1. The fourth-order valence-electron chi connectivity index (χ4n) is 7.77. The van der Waals surface area contributed by atoms with Crippen LogP contribution in [-0.2, 0) is 6.42 Å². The van der Waals surface area contributed by atoms with E-state index in [4.69, 9.17) is 4.99 Å². The van der Waals surface area contributed by atoms with E-state index in [1.807, 2.05) is 12.3 Å². The summed E-state index contributed by atoms with van der Waals surface area (Å²) in [7, 11) is 0. The molecule has 6 aromatic rings. The average Bonchev–Trinajstić information content (AvgIpc) is 3.14. The predicted octanol–water partition coefficient (Wildman–Crippen LogP) is 10.3. The van der Waals surface area contributed by atoms with Gasteiger partial charge in [-0.1, -0.05) is 109 Å². The van der Waals surface area contributed by atoms with Gasteiger partial charge in [-0.2, -0.15) is 0 Å². The quantitative estimate of drug-likeness (QED) is 0.203. The number of fused-ring (bicyclic) bond motifs is 6. The van der Waals surface area contributed by atoms with E-state index in [2.05, 4.69) is 151 Å². The molecule has 1 aromatic heterocycles. The Kier molecular flexibility index (Phi) is 6.53. The highest BCUT2D eigenvalue weighted by Crippen LogP contribution is 2.40. The van der Waals surface area contributed by atoms with Gasteiger partial charge in [-0.05, 0) is 106 Å². The topological polar surface area (TPSA) is 37.3 Å². The van der Waals surface area contributed by atoms with Crippen LogP contribution in [0.1, 0.15) is 53.6 Å². The summed E-state index contributed by atoms with van der Waals surface area (Å²) in [6.45, 7) is 2.23. The van der Waals surface area contributed by atoms with Gasteiger partial charge in [-0.15, -0.1) is 0 Å². The maximum Gasteiger partial charge on any atom is 0.153 e. The SMILES string of the molecule is CC1(C2=CCC(c3ccccn3)C=C2)N=C(c2cc3ccccc3c3ccccc23)C=C(c2cc3ccccc3c3c2CCC=C3)N1. The number of hydrogen-bond donors (Lipinski definition) is 1. The van der Waals surface area contributed by atoms with E-state index in [1.54, 1.807) is 0 Å². The smallest absolute Gasteiger partial charge is 0.153 e. The fourth-order valence-corrected chi connectivity index (χ4v) is 7.77. The van der Waals surface area contributed by atoms with E-state index in [-0.39, 0.29) is 5.92 Å². The summed E-state index contributed by atoms with van der Waals surface area (Å²) in [5.41, 5.74) is 8.89. The summed E-state index contributed by atoms with van der Waals surface area (Å²) in [4.78, 5) is 10.2. The lowest BCUT2D eigenvalue weighted by atomic mass is 9.84. The van der Waals surface area contributed by atoms with Crippen LogP contribution in [0.15, 0.2) is 150 Å². The summed E-state index contributed by atoms with van der Waals surface area (Å²) < 4.78 is 0. The molecule has 0 radical (unpaired) electrons. The largest absolute Gasteiger partial charge is 0.357 e. The zero-order chi connectivity index (χ0) is 31.4. The van der Waals surface area contributed by atoms with Gasteiger partial charge in [0.15, 0.2) is 5.66 Å². The summed E-state index contributed by atoms with van der Waals surface area (Å²) in [6, 6.07) is 37.1. The van der Waals surface area contributed by atoms with Crippen molar-refractivity contribution >= 4 is 49.8 Å². The zero-order valence-electron chi connectivity index (χ0n) is 26.4. The van der Waals surface area contributed by atoms with Gasteiger partial charge in [0.25, 0.3) is 0 Å². The van der Waals surface area contributed by atoms with Gasteiger partial charge >= 0.3 is 0 Å². The molecule has 0 spiro atoms. The van der Waals surface area contributed by atoms with E-state index in [1.165, 1.54) is 54.6 Å². The lowest BCUT2D eigenvalue weighted by Crippen LogP contribution is -2.44. The van der Waals surface area contributed by atoms with Gasteiger partial charge in [-0.25, -0.2) is 0 Å². The molecule has 2 unspecified atom stereocenters. The first-order valence-corrected chi connectivity index (χ1v) is 16.7. The van der Waals surface area contributed by atoms with Crippen LogP contribution in [-0.4, -0.2) is 16.4 Å². The van der Waals surface area contributed by atoms with Gasteiger partial charge in [0, 0.05) is 34.6 Å². The van der Waals surface area contributed by atoms with E-state index < -0.39 is 5.66 Å². The standard InChI is InChI=1S/C44H35N3/c1-44(32-23-21-29(22-24-32)41-20-10-11-25-45-41)46-42(39-26-30-12-2-4-14-33(30)35-16-6-8-18-37(35)39)28-43(47-44)40-27-31-13-3-5-15-34(31)36-17-7-9-19-38(36)40/h2-8,10-18,20-21,23-29,47H,9,19,22H2,1H3. The number of allylic oxidation sites excluding steroid dienone is 4. The van der Waals surface area contributed by atoms with Crippen molar-refractivity contribution in [3.8, 4) is 0 Å². The lowest BCUT2D eigenvalue weighted by molar-refractivity contribution is 0.506. The van der Waals surface area contributed by atoms with Crippen molar-refractivity contribution in [2.45, 2.75) is 37.8 Å². The van der Waals surface area contributed by atoms with E-state index in [0.717, 1.165) is 41.9 Å². The van der Waals surface area contributed by atoms with Gasteiger partial charge < -0.3 is 5.32 Å². The normalized spacial score (nSPS) is 20.4. The van der Waals surface area contributed by atoms with Crippen LogP contribution in [0.3, 0.4) is 0 Å². The van der Waals surface area contributed by atoms with E-state index >= 15 is 0 Å². The third kappa shape index (κ3) is 4.73. The summed E-state index contributed by atoms with van der Waals surface area (Å²) in [5.74, 6) is 0.259. The molecular weight excluding hydrogens is 571 g/mol. The predicted molar refractivity (Wildman–Crippen MR) is 198 cm³/mol. The number of hydrogen-bond acceptors (Lipinski definition) is 3. The second-order valence-corrected chi connectivity index (χ2v) is 13.0. The first kappa shape index (κ1) is 27.7. The molecule has 0 saturated heterocycles. The molecule has 3 nitrogen and oxygen atoms in total. The number of aromatic nitrogens is 1. The minimum absolute atomic E-state index is 0.259. The molecule has 226 valence electrons. The van der Waals surface area contributed by atoms with Crippen molar-refractivity contribution in [1.29, 1.82) is 0 Å². The van der Waals surface area contributed by atoms with E-state index in [0.29, 0.717) is 0 Å². The van der Waals surface area contributed by atoms with Crippen LogP contribution < -0.4 is 5.32 Å². The third-order valence-electron chi connectivity index (χ3n) is 10.1. The summed E-state index contributed by atoms with van der Waals surface area (Å²) in [5, 5.41) is 11.5. The van der Waals surface area contributed by atoms with Crippen LogP contribution in [0.4, 0.5) is 0 Å². The minimum Gasteiger partial charge on any atom is -0.357 e. The number of nitrogens with zero attached hydrogens (tertiary/aromatic N) is 2. The minimum atomic E-state index is -0.666. The van der Waals surface area contributed by atoms with Crippen molar-refractivity contribution in [2.75, 3.05) is 0 Å². The molecule has 5 aromatic carbocycles. The first-order valence-electron chi connectivity index (χ1n) is 16.7. The molecule has 2 heterocycles. The van der Waals surface area contributed by atoms with Gasteiger partial charge in [0.2, 0.25) is 0 Å². The van der Waals surface area contributed by atoms with Crippen molar-refractivity contribution in [1.82, 2.24) is 10.3 Å². The Morgan fingerprint density at radius 1 is 0.745 bits per heavy atom. The molecule has 0 amide bonds. The molecule has 3 heteroatoms. The summed E-state index contributed by atoms with van der Waals surface area (Å²) >= 11 is 0. The van der Waals surface area contributed by atoms with Gasteiger partial charge in [0.05, 0.1) is 5.71 Å². The van der Waals surface area contributed by atoms with E-state index in [9.17, 15) is 0 Å². The van der Waals surface area contributed by atoms with Crippen LogP contribution in [0.25, 0.3) is 44.1 Å². The number of pyridine rings is 1. The molecule has 0 fully saturated rings. The van der Waals surface area contributed by atoms with Crippen LogP contribution >= 0.6 is 0 Å². The fraction of sp³-hybridized carbons (Fsp3) is 0.136. The number of nitrogens with one attached hydrogen (secondary N) is 1. The molecule has 47 heavy (non-hydrogen) atoms. The van der Waals surface area contributed by atoms with Crippen molar-refractivity contribution in [3.05, 3.63) is 173 Å². The molecular formula is C44H35N3. The Labute approximate surface area is 275 Å². The van der Waals surface area contributed by atoms with Gasteiger partial charge in [-0.3, -0.25) is 9.98 Å². The van der Waals surface area contributed by atoms with Gasteiger partial charge in [0.1, 0.15) is 0 Å². The van der Waals surface area contributed by atoms with Crippen molar-refractivity contribution < 1.29 is 0 Å². The molecule has 3 aliphatic rings. The Morgan fingerprint density at radius 2 is 1.47 bits per heavy atom. The zero-order valence-corrected chi connectivity index (χ0v) is 26.4.